The number of aryl methyl sites for hydroxylation is 1. The first kappa shape index (κ1) is 15.1. The van der Waals surface area contributed by atoms with Gasteiger partial charge in [-0.1, -0.05) is 4.89 Å². The fourth-order valence-corrected chi connectivity index (χ4v) is 3.67. The van der Waals surface area contributed by atoms with Crippen LogP contribution in [0.15, 0.2) is 10.3 Å². The Bertz CT molecular complexity index is 521. The lowest BCUT2D eigenvalue weighted by atomic mass is 10.3. The highest BCUT2D eigenvalue weighted by atomic mass is 32.2. The number of hydrogen-bond donors (Lipinski definition) is 2. The van der Waals surface area contributed by atoms with Crippen LogP contribution in [0.5, 0.6) is 0 Å². The summed E-state index contributed by atoms with van der Waals surface area (Å²) in [4.78, 5) is 17.0. The lowest BCUT2D eigenvalue weighted by molar-refractivity contribution is 0.0437. The van der Waals surface area contributed by atoms with Gasteiger partial charge in [-0.3, -0.25) is 4.84 Å². The van der Waals surface area contributed by atoms with Crippen molar-refractivity contribution >= 4 is 27.3 Å². The Labute approximate surface area is 108 Å². The summed E-state index contributed by atoms with van der Waals surface area (Å²) in [5, 5.41) is 10.4. The summed E-state index contributed by atoms with van der Waals surface area (Å²) < 4.78 is 28.4. The molecule has 9 heteroatoms. The van der Waals surface area contributed by atoms with Gasteiger partial charge in [-0.05, 0) is 17.9 Å². The minimum Gasteiger partial charge on any atom is -0.477 e. The summed E-state index contributed by atoms with van der Waals surface area (Å²) in [5.74, 6) is -1.29. The van der Waals surface area contributed by atoms with Crippen LogP contribution in [0.25, 0.3) is 0 Å². The summed E-state index contributed by atoms with van der Waals surface area (Å²) in [6.07, 6.45) is 0. The van der Waals surface area contributed by atoms with E-state index < -0.39 is 16.0 Å². The lowest BCUT2D eigenvalue weighted by Crippen LogP contribution is -2.27. The molecular formula is C9H13NO6S2. The molecule has 1 heterocycles. The van der Waals surface area contributed by atoms with Crippen molar-refractivity contribution in [3.63, 3.8) is 0 Å². The Morgan fingerprint density at radius 2 is 2.17 bits per heavy atom. The van der Waals surface area contributed by atoms with Crippen molar-refractivity contribution in [1.82, 2.24) is 4.89 Å². The fourth-order valence-electron chi connectivity index (χ4n) is 1.20. The second-order valence-electron chi connectivity index (χ2n) is 3.31. The summed E-state index contributed by atoms with van der Waals surface area (Å²) in [5.41, 5.74) is 0.361. The lowest BCUT2D eigenvalue weighted by Gasteiger charge is -2.07. The number of hydrogen-bond acceptors (Lipinski definition) is 6. The molecule has 1 aromatic heterocycles. The van der Waals surface area contributed by atoms with E-state index >= 15 is 0 Å². The van der Waals surface area contributed by atoms with Crippen molar-refractivity contribution in [3.8, 4) is 0 Å². The maximum atomic E-state index is 11.9. The molecule has 0 aliphatic carbocycles. The van der Waals surface area contributed by atoms with E-state index in [0.29, 0.717) is 5.56 Å². The zero-order chi connectivity index (χ0) is 13.8. The molecule has 0 fully saturated rings. The van der Waals surface area contributed by atoms with Gasteiger partial charge < -0.3 is 9.84 Å². The number of aromatic carboxylic acids is 1. The summed E-state index contributed by atoms with van der Waals surface area (Å²) >= 11 is 0.856. The van der Waals surface area contributed by atoms with Gasteiger partial charge in [0.2, 0.25) is 0 Å². The number of carboxylic acids is 1. The van der Waals surface area contributed by atoms with Crippen molar-refractivity contribution in [2.45, 2.75) is 11.8 Å². The number of nitrogens with one attached hydrogen (secondary N) is 1. The molecule has 0 spiro atoms. The van der Waals surface area contributed by atoms with Crippen LogP contribution in [0.3, 0.4) is 0 Å². The molecule has 0 atom stereocenters. The number of methoxy groups -OCH3 is 1. The van der Waals surface area contributed by atoms with Gasteiger partial charge in [0.1, 0.15) is 9.77 Å². The molecule has 0 bridgehead atoms. The number of sulfonamides is 1. The highest BCUT2D eigenvalue weighted by Gasteiger charge is 2.26. The first-order valence-electron chi connectivity index (χ1n) is 4.84. The molecule has 0 radical (unpaired) electrons. The predicted molar refractivity (Wildman–Crippen MR) is 64.2 cm³/mol. The average molecular weight is 295 g/mol. The zero-order valence-electron chi connectivity index (χ0n) is 9.80. The first-order valence-corrected chi connectivity index (χ1v) is 7.20. The van der Waals surface area contributed by atoms with Crippen molar-refractivity contribution < 1.29 is 27.9 Å². The normalized spacial score (nSPS) is 11.7. The molecule has 18 heavy (non-hydrogen) atoms. The molecular weight excluding hydrogens is 282 g/mol. The number of thiophene rings is 1. The monoisotopic (exact) mass is 295 g/mol. The van der Waals surface area contributed by atoms with Crippen molar-refractivity contribution in [3.05, 3.63) is 15.8 Å². The van der Waals surface area contributed by atoms with Gasteiger partial charge >= 0.3 is 5.97 Å². The van der Waals surface area contributed by atoms with Crippen molar-refractivity contribution in [2.24, 2.45) is 0 Å². The van der Waals surface area contributed by atoms with Crippen LogP contribution in [-0.4, -0.2) is 39.8 Å². The molecule has 0 saturated heterocycles. The average Bonchev–Trinajstić information content (AvgIpc) is 2.67. The first-order chi connectivity index (χ1) is 8.40. The number of rotatable bonds is 7. The molecule has 0 amide bonds. The Balaban J connectivity index is 2.91. The standard InChI is InChI=1S/C9H13NO6S2/c1-6-5-17-7(9(11)12)8(6)18(13,14)10-16-4-3-15-2/h5,10H,3-4H2,1-2H3,(H,11,12). The third kappa shape index (κ3) is 3.50. The highest BCUT2D eigenvalue weighted by molar-refractivity contribution is 7.89. The van der Waals surface area contributed by atoms with Gasteiger partial charge in [-0.25, -0.2) is 13.2 Å². The van der Waals surface area contributed by atoms with Gasteiger partial charge in [-0.15, -0.1) is 11.3 Å². The summed E-state index contributed by atoms with van der Waals surface area (Å²) in [6, 6.07) is 0. The van der Waals surface area contributed by atoms with Gasteiger partial charge in [0.15, 0.2) is 0 Å². The van der Waals surface area contributed by atoms with Crippen LogP contribution < -0.4 is 4.89 Å². The van der Waals surface area contributed by atoms with E-state index in [-0.39, 0.29) is 23.0 Å². The Morgan fingerprint density at radius 3 is 2.72 bits per heavy atom. The molecule has 1 aromatic rings. The second-order valence-corrected chi connectivity index (χ2v) is 5.77. The quantitative estimate of drug-likeness (QED) is 0.564. The number of ether oxygens (including phenoxy) is 1. The second kappa shape index (κ2) is 6.25. The highest BCUT2D eigenvalue weighted by Crippen LogP contribution is 2.26. The minimum absolute atomic E-state index is 0.0291. The molecule has 0 saturated carbocycles. The molecule has 1 rings (SSSR count). The third-order valence-electron chi connectivity index (χ3n) is 1.94. The molecule has 0 unspecified atom stereocenters. The Kier molecular flexibility index (Phi) is 5.23. The summed E-state index contributed by atoms with van der Waals surface area (Å²) in [7, 11) is -2.55. The third-order valence-corrected chi connectivity index (χ3v) is 4.55. The molecule has 2 N–H and O–H groups in total. The van der Waals surface area contributed by atoms with Gasteiger partial charge in [0.25, 0.3) is 10.0 Å². The number of carbonyl (C=O) groups is 1. The van der Waals surface area contributed by atoms with E-state index in [1.54, 1.807) is 0 Å². The maximum absolute atomic E-state index is 11.9. The van der Waals surface area contributed by atoms with Crippen LogP contribution in [0.2, 0.25) is 0 Å². The molecule has 0 aliphatic heterocycles. The van der Waals surface area contributed by atoms with E-state index in [1.165, 1.54) is 19.4 Å². The van der Waals surface area contributed by atoms with E-state index in [0.717, 1.165) is 11.3 Å². The van der Waals surface area contributed by atoms with E-state index in [9.17, 15) is 13.2 Å². The van der Waals surface area contributed by atoms with E-state index in [1.807, 2.05) is 4.89 Å². The summed E-state index contributed by atoms with van der Waals surface area (Å²) in [6.45, 7) is 1.77. The zero-order valence-corrected chi connectivity index (χ0v) is 11.4. The minimum atomic E-state index is -4.00. The predicted octanol–water partition coefficient (Wildman–Crippen LogP) is 0.611. The Hall–Kier alpha value is -1.00. The largest absolute Gasteiger partial charge is 0.477 e. The van der Waals surface area contributed by atoms with Crippen molar-refractivity contribution in [1.29, 1.82) is 0 Å². The topological polar surface area (TPSA) is 102 Å². The van der Waals surface area contributed by atoms with Gasteiger partial charge in [0.05, 0.1) is 13.2 Å². The van der Waals surface area contributed by atoms with Gasteiger partial charge in [-0.2, -0.15) is 0 Å². The SMILES string of the molecule is COCCONS(=O)(=O)c1c(C)csc1C(=O)O. The van der Waals surface area contributed by atoms with Crippen LogP contribution in [0.1, 0.15) is 15.2 Å². The maximum Gasteiger partial charge on any atom is 0.347 e. The molecule has 0 aliphatic rings. The van der Waals surface area contributed by atoms with E-state index in [4.69, 9.17) is 9.94 Å². The molecule has 102 valence electrons. The molecule has 7 nitrogen and oxygen atoms in total. The van der Waals surface area contributed by atoms with Gasteiger partial charge in [0, 0.05) is 7.11 Å². The van der Waals surface area contributed by atoms with Crippen LogP contribution in [0, 0.1) is 6.92 Å². The smallest absolute Gasteiger partial charge is 0.347 e. The van der Waals surface area contributed by atoms with E-state index in [2.05, 4.69) is 4.74 Å². The van der Waals surface area contributed by atoms with Crippen LogP contribution in [-0.2, 0) is 19.6 Å². The number of carboxylic acid groups (broad SMARTS) is 1. The Morgan fingerprint density at radius 1 is 1.50 bits per heavy atom. The van der Waals surface area contributed by atoms with Crippen molar-refractivity contribution in [2.75, 3.05) is 20.3 Å². The molecule has 0 aromatic carbocycles. The fraction of sp³-hybridized carbons (Fsp3) is 0.444. The van der Waals surface area contributed by atoms with Crippen LogP contribution >= 0.6 is 11.3 Å². The van der Waals surface area contributed by atoms with Crippen LogP contribution in [0.4, 0.5) is 0 Å².